The molecule has 1 aliphatic heterocycles. The molecule has 1 aliphatic rings. The molecule has 0 saturated carbocycles. The van der Waals surface area contributed by atoms with Crippen molar-refractivity contribution in [3.63, 3.8) is 0 Å². The van der Waals surface area contributed by atoms with E-state index in [9.17, 15) is 0 Å². The Labute approximate surface area is 147 Å². The van der Waals surface area contributed by atoms with Crippen LogP contribution < -0.4 is 10.6 Å². The second kappa shape index (κ2) is 8.11. The number of aliphatic imine (C=N–C) groups is 1. The third-order valence-corrected chi connectivity index (χ3v) is 3.63. The van der Waals surface area contributed by atoms with Crippen LogP contribution in [-0.4, -0.2) is 27.8 Å². The molecule has 0 spiro atoms. The van der Waals surface area contributed by atoms with Crippen LogP contribution in [0.25, 0.3) is 0 Å². The lowest BCUT2D eigenvalue weighted by Gasteiger charge is -2.11. The molecule has 1 aromatic heterocycles. The Hall–Kier alpha value is -1.64. The summed E-state index contributed by atoms with van der Waals surface area (Å²) in [5, 5.41) is 15.0. The summed E-state index contributed by atoms with van der Waals surface area (Å²) in [6.45, 7) is 2.41. The van der Waals surface area contributed by atoms with Crippen molar-refractivity contribution in [2.75, 3.05) is 7.05 Å². The van der Waals surface area contributed by atoms with Crippen LogP contribution in [0.4, 0.5) is 0 Å². The summed E-state index contributed by atoms with van der Waals surface area (Å²) in [4.78, 5) is 4.23. The minimum absolute atomic E-state index is 0. The van der Waals surface area contributed by atoms with Gasteiger partial charge in [-0.25, -0.2) is 0 Å². The van der Waals surface area contributed by atoms with E-state index in [-0.39, 0.29) is 24.0 Å². The maximum atomic E-state index is 4.23. The molecule has 2 aromatic rings. The van der Waals surface area contributed by atoms with Gasteiger partial charge in [0.15, 0.2) is 11.8 Å². The maximum Gasteiger partial charge on any atom is 0.191 e. The fourth-order valence-electron chi connectivity index (χ4n) is 2.51. The second-order valence-corrected chi connectivity index (χ2v) is 5.05. The lowest BCUT2D eigenvalue weighted by Crippen LogP contribution is -2.37. The van der Waals surface area contributed by atoms with Crippen molar-refractivity contribution in [2.24, 2.45) is 4.99 Å². The first-order valence-corrected chi connectivity index (χ1v) is 7.26. The first kappa shape index (κ1) is 16.7. The molecule has 6 nitrogen and oxygen atoms in total. The quantitative estimate of drug-likeness (QED) is 0.456. The molecule has 0 fully saturated rings. The van der Waals surface area contributed by atoms with E-state index in [1.807, 2.05) is 18.2 Å². The SMILES string of the molecule is CN=C(NCc1ccccc1)NCc1nnc2n1CCC2.I. The van der Waals surface area contributed by atoms with Crippen LogP contribution in [0.15, 0.2) is 35.3 Å². The third kappa shape index (κ3) is 3.96. The molecular formula is C15H21IN6. The Morgan fingerprint density at radius 1 is 1.18 bits per heavy atom. The predicted octanol–water partition coefficient (Wildman–Crippen LogP) is 1.71. The number of rotatable bonds is 4. The number of halogens is 1. The largest absolute Gasteiger partial charge is 0.352 e. The number of benzene rings is 1. The van der Waals surface area contributed by atoms with Gasteiger partial charge in [0.1, 0.15) is 5.82 Å². The van der Waals surface area contributed by atoms with Crippen molar-refractivity contribution in [3.05, 3.63) is 47.5 Å². The van der Waals surface area contributed by atoms with Gasteiger partial charge >= 0.3 is 0 Å². The number of aryl methyl sites for hydroxylation is 1. The summed E-state index contributed by atoms with van der Waals surface area (Å²) in [7, 11) is 1.77. The normalized spacial score (nSPS) is 13.4. The maximum absolute atomic E-state index is 4.23. The van der Waals surface area contributed by atoms with Gasteiger partial charge < -0.3 is 15.2 Å². The Kier molecular flexibility index (Phi) is 6.17. The van der Waals surface area contributed by atoms with Crippen molar-refractivity contribution in [2.45, 2.75) is 32.5 Å². The fraction of sp³-hybridized carbons (Fsp3) is 0.400. The number of guanidine groups is 1. The number of hydrogen-bond donors (Lipinski definition) is 2. The van der Waals surface area contributed by atoms with Gasteiger partial charge in [-0.15, -0.1) is 34.2 Å². The van der Waals surface area contributed by atoms with E-state index >= 15 is 0 Å². The number of nitrogens with zero attached hydrogens (tertiary/aromatic N) is 4. The molecular weight excluding hydrogens is 391 g/mol. The van der Waals surface area contributed by atoms with Gasteiger partial charge in [-0.05, 0) is 12.0 Å². The number of aromatic nitrogens is 3. The van der Waals surface area contributed by atoms with Gasteiger partial charge in [0, 0.05) is 26.6 Å². The van der Waals surface area contributed by atoms with Gasteiger partial charge in [0.05, 0.1) is 6.54 Å². The first-order valence-electron chi connectivity index (χ1n) is 7.26. The Bertz CT molecular complexity index is 622. The van der Waals surface area contributed by atoms with Crippen LogP contribution in [0, 0.1) is 0 Å². The Morgan fingerprint density at radius 3 is 2.73 bits per heavy atom. The van der Waals surface area contributed by atoms with E-state index in [2.05, 4.69) is 42.5 Å². The minimum atomic E-state index is 0. The standard InChI is InChI=1S/C15H20N6.HI/c1-16-15(17-10-12-6-3-2-4-7-12)18-11-14-20-19-13-8-5-9-21(13)14;/h2-4,6-7H,5,8-11H2,1H3,(H2,16,17,18);1H. The zero-order valence-corrected chi connectivity index (χ0v) is 14.9. The van der Waals surface area contributed by atoms with Crippen LogP contribution in [0.3, 0.4) is 0 Å². The minimum Gasteiger partial charge on any atom is -0.352 e. The average Bonchev–Trinajstić information content (AvgIpc) is 3.12. The molecule has 7 heteroatoms. The smallest absolute Gasteiger partial charge is 0.191 e. The van der Waals surface area contributed by atoms with Crippen molar-refractivity contribution in [1.82, 2.24) is 25.4 Å². The molecule has 3 rings (SSSR count). The molecule has 1 aromatic carbocycles. The van der Waals surface area contributed by atoms with Crippen LogP contribution in [0.2, 0.25) is 0 Å². The lowest BCUT2D eigenvalue weighted by molar-refractivity contribution is 0.663. The molecule has 2 N–H and O–H groups in total. The molecule has 22 heavy (non-hydrogen) atoms. The summed E-state index contributed by atoms with van der Waals surface area (Å²) in [5.74, 6) is 2.85. The molecule has 0 amide bonds. The summed E-state index contributed by atoms with van der Waals surface area (Å²) in [6, 6.07) is 10.3. The molecule has 2 heterocycles. The predicted molar refractivity (Wildman–Crippen MR) is 97.2 cm³/mol. The van der Waals surface area contributed by atoms with Gasteiger partial charge in [0.2, 0.25) is 0 Å². The summed E-state index contributed by atoms with van der Waals surface area (Å²) >= 11 is 0. The molecule has 0 aliphatic carbocycles. The first-order chi connectivity index (χ1) is 10.4. The van der Waals surface area contributed by atoms with Crippen LogP contribution in [-0.2, 0) is 26.1 Å². The van der Waals surface area contributed by atoms with E-state index < -0.39 is 0 Å². The van der Waals surface area contributed by atoms with Crippen molar-refractivity contribution >= 4 is 29.9 Å². The van der Waals surface area contributed by atoms with Gasteiger partial charge in [-0.1, -0.05) is 30.3 Å². The van der Waals surface area contributed by atoms with E-state index in [1.54, 1.807) is 7.05 Å². The highest BCUT2D eigenvalue weighted by atomic mass is 127. The van der Waals surface area contributed by atoms with Gasteiger partial charge in [-0.2, -0.15) is 0 Å². The monoisotopic (exact) mass is 412 g/mol. The molecule has 118 valence electrons. The van der Waals surface area contributed by atoms with Crippen molar-refractivity contribution < 1.29 is 0 Å². The van der Waals surface area contributed by atoms with Gasteiger partial charge in [0.25, 0.3) is 0 Å². The molecule has 0 radical (unpaired) electrons. The average molecular weight is 412 g/mol. The second-order valence-electron chi connectivity index (χ2n) is 5.05. The number of fused-ring (bicyclic) bond motifs is 1. The summed E-state index contributed by atoms with van der Waals surface area (Å²) < 4.78 is 2.19. The Balaban J connectivity index is 0.00000176. The molecule has 0 atom stereocenters. The lowest BCUT2D eigenvalue weighted by atomic mass is 10.2. The van der Waals surface area contributed by atoms with Crippen LogP contribution in [0.1, 0.15) is 23.6 Å². The molecule has 0 bridgehead atoms. The highest BCUT2D eigenvalue weighted by molar-refractivity contribution is 14.0. The van der Waals surface area contributed by atoms with Crippen molar-refractivity contribution in [3.8, 4) is 0 Å². The van der Waals surface area contributed by atoms with Crippen LogP contribution in [0.5, 0.6) is 0 Å². The molecule has 0 saturated heterocycles. The van der Waals surface area contributed by atoms with E-state index in [0.29, 0.717) is 6.54 Å². The topological polar surface area (TPSA) is 67.1 Å². The fourth-order valence-corrected chi connectivity index (χ4v) is 2.51. The number of nitrogens with one attached hydrogen (secondary N) is 2. The zero-order valence-electron chi connectivity index (χ0n) is 12.6. The Morgan fingerprint density at radius 2 is 1.95 bits per heavy atom. The number of hydrogen-bond acceptors (Lipinski definition) is 3. The van der Waals surface area contributed by atoms with E-state index in [0.717, 1.165) is 37.1 Å². The van der Waals surface area contributed by atoms with E-state index in [4.69, 9.17) is 0 Å². The summed E-state index contributed by atoms with van der Waals surface area (Å²) in [5.41, 5.74) is 1.23. The van der Waals surface area contributed by atoms with E-state index in [1.165, 1.54) is 12.0 Å². The van der Waals surface area contributed by atoms with Crippen molar-refractivity contribution in [1.29, 1.82) is 0 Å². The van der Waals surface area contributed by atoms with Crippen LogP contribution >= 0.6 is 24.0 Å². The summed E-state index contributed by atoms with van der Waals surface area (Å²) in [6.07, 6.45) is 2.20. The third-order valence-electron chi connectivity index (χ3n) is 3.63. The highest BCUT2D eigenvalue weighted by Crippen LogP contribution is 2.13. The van der Waals surface area contributed by atoms with Gasteiger partial charge in [-0.3, -0.25) is 4.99 Å². The highest BCUT2D eigenvalue weighted by Gasteiger charge is 2.16. The molecule has 0 unspecified atom stereocenters. The zero-order chi connectivity index (χ0) is 14.5.